The lowest BCUT2D eigenvalue weighted by Gasteiger charge is -2.15. The summed E-state index contributed by atoms with van der Waals surface area (Å²) in [4.78, 5) is 5.14. The minimum absolute atomic E-state index is 0.270. The third-order valence-electron chi connectivity index (χ3n) is 1.31. The fraction of sp³-hybridized carbons (Fsp3) is 0.857. The highest BCUT2D eigenvalue weighted by atomic mass is 16.7. The molecule has 0 aromatic rings. The molecule has 0 aliphatic carbocycles. The summed E-state index contributed by atoms with van der Waals surface area (Å²) in [7, 11) is 0. The Hall–Kier alpha value is -0.0800. The zero-order chi connectivity index (χ0) is 7.28. The lowest BCUT2D eigenvalue weighted by atomic mass is 10.1. The van der Waals surface area contributed by atoms with Gasteiger partial charge in [0.2, 0.25) is 0 Å². The molecule has 1 N–H and O–H groups in total. The molecule has 2 heteroatoms. The largest absolute Gasteiger partial charge is 0.299 e. The van der Waals surface area contributed by atoms with Crippen LogP contribution in [-0.2, 0) is 4.84 Å². The first-order valence-corrected chi connectivity index (χ1v) is 3.36. The van der Waals surface area contributed by atoms with Crippen LogP contribution < -0.4 is 5.48 Å². The Morgan fingerprint density at radius 1 is 1.44 bits per heavy atom. The maximum absolute atomic E-state index is 5.14. The first-order valence-electron chi connectivity index (χ1n) is 3.36. The van der Waals surface area contributed by atoms with Crippen molar-refractivity contribution in [2.24, 2.45) is 5.92 Å². The van der Waals surface area contributed by atoms with Gasteiger partial charge in [-0.1, -0.05) is 13.8 Å². The molecule has 0 fully saturated rings. The molecule has 0 bridgehead atoms. The van der Waals surface area contributed by atoms with E-state index >= 15 is 0 Å². The molecule has 0 saturated heterocycles. The number of rotatable bonds is 4. The third-order valence-corrected chi connectivity index (χ3v) is 1.31. The quantitative estimate of drug-likeness (QED) is 0.580. The van der Waals surface area contributed by atoms with Gasteiger partial charge >= 0.3 is 0 Å². The molecule has 1 radical (unpaired) electrons. The Morgan fingerprint density at radius 3 is 2.33 bits per heavy atom. The first kappa shape index (κ1) is 8.92. The molecule has 0 saturated carbocycles. The van der Waals surface area contributed by atoms with Crippen LogP contribution in [0, 0.1) is 12.8 Å². The van der Waals surface area contributed by atoms with E-state index in [1.165, 1.54) is 0 Å². The van der Waals surface area contributed by atoms with Gasteiger partial charge in [-0.25, -0.2) is 5.48 Å². The summed E-state index contributed by atoms with van der Waals surface area (Å²) in [6.07, 6.45) is 0.270. The molecule has 0 aliphatic heterocycles. The van der Waals surface area contributed by atoms with Crippen molar-refractivity contribution in [3.63, 3.8) is 0 Å². The molecule has 2 nitrogen and oxygen atoms in total. The summed E-state index contributed by atoms with van der Waals surface area (Å²) >= 11 is 0. The standard InChI is InChI=1S/C7H16NO/c1-5-8-9-7(4)6(2)3/h6-8H,1,5H2,2-4H3. The van der Waals surface area contributed by atoms with Crippen LogP contribution in [0.4, 0.5) is 0 Å². The number of hydrogen-bond donors (Lipinski definition) is 1. The van der Waals surface area contributed by atoms with E-state index in [2.05, 4.69) is 26.3 Å². The topological polar surface area (TPSA) is 21.3 Å². The van der Waals surface area contributed by atoms with E-state index < -0.39 is 0 Å². The van der Waals surface area contributed by atoms with Crippen molar-refractivity contribution < 1.29 is 4.84 Å². The first-order chi connectivity index (χ1) is 4.18. The van der Waals surface area contributed by atoms with Crippen LogP contribution in [-0.4, -0.2) is 12.6 Å². The van der Waals surface area contributed by atoms with Gasteiger partial charge in [0, 0.05) is 6.54 Å². The van der Waals surface area contributed by atoms with Crippen LogP contribution >= 0.6 is 0 Å². The Balaban J connectivity index is 3.16. The third kappa shape index (κ3) is 4.43. The summed E-state index contributed by atoms with van der Waals surface area (Å²) in [5.41, 5.74) is 2.72. The average Bonchev–Trinajstić information content (AvgIpc) is 1.82. The molecule has 0 rings (SSSR count). The van der Waals surface area contributed by atoms with Crippen molar-refractivity contribution in [3.8, 4) is 0 Å². The molecule has 0 aliphatic rings. The van der Waals surface area contributed by atoms with Crippen LogP contribution in [0.15, 0.2) is 0 Å². The van der Waals surface area contributed by atoms with Gasteiger partial charge in [0.25, 0.3) is 0 Å². The van der Waals surface area contributed by atoms with Crippen molar-refractivity contribution >= 4 is 0 Å². The number of hydrogen-bond acceptors (Lipinski definition) is 2. The zero-order valence-electron chi connectivity index (χ0n) is 6.48. The Bertz CT molecular complexity index is 63.9. The lowest BCUT2D eigenvalue weighted by molar-refractivity contribution is -0.0324. The van der Waals surface area contributed by atoms with Crippen molar-refractivity contribution in [1.29, 1.82) is 0 Å². The van der Waals surface area contributed by atoms with Crippen LogP contribution in [0.3, 0.4) is 0 Å². The summed E-state index contributed by atoms with van der Waals surface area (Å²) in [6, 6.07) is 0. The van der Waals surface area contributed by atoms with Crippen molar-refractivity contribution in [3.05, 3.63) is 6.92 Å². The highest BCUT2D eigenvalue weighted by Crippen LogP contribution is 2.02. The van der Waals surface area contributed by atoms with E-state index in [0.717, 1.165) is 0 Å². The van der Waals surface area contributed by atoms with E-state index in [4.69, 9.17) is 4.84 Å². The fourth-order valence-electron chi connectivity index (χ4n) is 0.326. The highest BCUT2D eigenvalue weighted by molar-refractivity contribution is 4.52. The molecule has 0 spiro atoms. The monoisotopic (exact) mass is 130 g/mol. The Labute approximate surface area is 57.5 Å². The number of nitrogens with one attached hydrogen (secondary N) is 1. The maximum Gasteiger partial charge on any atom is 0.0785 e. The average molecular weight is 130 g/mol. The molecular formula is C7H16NO. The minimum atomic E-state index is 0.270. The predicted molar refractivity (Wildman–Crippen MR) is 38.7 cm³/mol. The van der Waals surface area contributed by atoms with Gasteiger partial charge < -0.3 is 0 Å². The molecular weight excluding hydrogens is 114 g/mol. The molecule has 1 unspecified atom stereocenters. The van der Waals surface area contributed by atoms with Crippen molar-refractivity contribution in [2.45, 2.75) is 26.9 Å². The molecule has 0 amide bonds. The van der Waals surface area contributed by atoms with E-state index in [-0.39, 0.29) is 6.10 Å². The Morgan fingerprint density at radius 2 is 2.00 bits per heavy atom. The SMILES string of the molecule is [CH2]CNOC(C)C(C)C. The van der Waals surface area contributed by atoms with Crippen LogP contribution in [0.5, 0.6) is 0 Å². The van der Waals surface area contributed by atoms with Gasteiger partial charge in [-0.15, -0.1) is 0 Å². The highest BCUT2D eigenvalue weighted by Gasteiger charge is 2.05. The molecule has 0 aromatic carbocycles. The van der Waals surface area contributed by atoms with Gasteiger partial charge in [0.15, 0.2) is 0 Å². The normalized spacial score (nSPS) is 14.3. The summed E-state index contributed by atoms with van der Waals surface area (Å²) in [6.45, 7) is 10.5. The van der Waals surface area contributed by atoms with Gasteiger partial charge in [0.05, 0.1) is 6.10 Å². The molecule has 1 atom stereocenters. The van der Waals surface area contributed by atoms with Crippen molar-refractivity contribution in [1.82, 2.24) is 5.48 Å². The fourth-order valence-corrected chi connectivity index (χ4v) is 0.326. The summed E-state index contributed by atoms with van der Waals surface area (Å²) in [5.74, 6) is 0.559. The molecule has 9 heavy (non-hydrogen) atoms. The van der Waals surface area contributed by atoms with E-state index in [1.54, 1.807) is 0 Å². The molecule has 0 heterocycles. The second kappa shape index (κ2) is 4.77. The minimum Gasteiger partial charge on any atom is -0.299 e. The molecule has 55 valence electrons. The lowest BCUT2D eigenvalue weighted by Crippen LogP contribution is -2.25. The second-order valence-electron chi connectivity index (χ2n) is 2.46. The van der Waals surface area contributed by atoms with E-state index in [1.807, 2.05) is 6.92 Å². The summed E-state index contributed by atoms with van der Waals surface area (Å²) < 4.78 is 0. The summed E-state index contributed by atoms with van der Waals surface area (Å²) in [5, 5.41) is 0. The van der Waals surface area contributed by atoms with Gasteiger partial charge in [-0.05, 0) is 19.8 Å². The van der Waals surface area contributed by atoms with Gasteiger partial charge in [-0.2, -0.15) is 0 Å². The predicted octanol–water partition coefficient (Wildman–Crippen LogP) is 1.39. The van der Waals surface area contributed by atoms with E-state index in [9.17, 15) is 0 Å². The zero-order valence-corrected chi connectivity index (χ0v) is 6.48. The van der Waals surface area contributed by atoms with Crippen LogP contribution in [0.2, 0.25) is 0 Å². The second-order valence-corrected chi connectivity index (χ2v) is 2.46. The molecule has 0 aromatic heterocycles. The van der Waals surface area contributed by atoms with Gasteiger partial charge in [-0.3, -0.25) is 4.84 Å². The van der Waals surface area contributed by atoms with Gasteiger partial charge in [0.1, 0.15) is 0 Å². The van der Waals surface area contributed by atoms with Crippen LogP contribution in [0.25, 0.3) is 0 Å². The maximum atomic E-state index is 5.14. The van der Waals surface area contributed by atoms with E-state index in [0.29, 0.717) is 12.5 Å². The smallest absolute Gasteiger partial charge is 0.0785 e. The number of hydroxylamine groups is 1. The van der Waals surface area contributed by atoms with Crippen LogP contribution in [0.1, 0.15) is 20.8 Å². The van der Waals surface area contributed by atoms with Crippen molar-refractivity contribution in [2.75, 3.05) is 6.54 Å². The Kier molecular flexibility index (Phi) is 4.72.